The van der Waals surface area contributed by atoms with Crippen molar-refractivity contribution in [2.75, 3.05) is 33.8 Å². The standard InChI is InChI=1S/C25H27N3O3S/c1-27(2)25(30)22-21(19-8-5-11-26-23(19)32-22)20-15-28(12-13-31-20)24(29)18-10-9-16-6-3-4-7-17(16)14-18/h5,8-11,14,20H,3-4,6-7,12-13,15H2,1-2H3/t20-/m0/s1. The molecule has 32 heavy (non-hydrogen) atoms. The molecule has 5 rings (SSSR count). The van der Waals surface area contributed by atoms with E-state index in [1.807, 2.05) is 23.1 Å². The maximum atomic E-state index is 13.4. The quantitative estimate of drug-likeness (QED) is 0.604. The number of amides is 2. The summed E-state index contributed by atoms with van der Waals surface area (Å²) in [6.07, 6.45) is 5.94. The zero-order chi connectivity index (χ0) is 22.2. The smallest absolute Gasteiger partial charge is 0.263 e. The minimum absolute atomic E-state index is 0.0322. The number of ether oxygens (including phenoxy) is 1. The molecule has 2 amide bonds. The molecule has 2 aliphatic rings. The predicted octanol–water partition coefficient (Wildman–Crippen LogP) is 4.09. The van der Waals surface area contributed by atoms with Crippen LogP contribution in [0.2, 0.25) is 0 Å². The summed E-state index contributed by atoms with van der Waals surface area (Å²) in [4.78, 5) is 35.6. The molecule has 1 saturated heterocycles. The largest absolute Gasteiger partial charge is 0.370 e. The number of morpholine rings is 1. The first-order valence-corrected chi connectivity index (χ1v) is 12.0. The molecule has 2 aromatic heterocycles. The molecular formula is C25H27N3O3S. The number of hydrogen-bond acceptors (Lipinski definition) is 5. The number of aromatic nitrogens is 1. The third kappa shape index (κ3) is 3.80. The van der Waals surface area contributed by atoms with Crippen LogP contribution in [0.15, 0.2) is 36.5 Å². The maximum Gasteiger partial charge on any atom is 0.263 e. The highest BCUT2D eigenvalue weighted by Crippen LogP contribution is 2.38. The summed E-state index contributed by atoms with van der Waals surface area (Å²) in [7, 11) is 3.50. The summed E-state index contributed by atoms with van der Waals surface area (Å²) < 4.78 is 6.12. The molecule has 0 unspecified atom stereocenters. The fraction of sp³-hybridized carbons (Fsp3) is 0.400. The Balaban J connectivity index is 1.45. The molecular weight excluding hydrogens is 422 g/mol. The van der Waals surface area contributed by atoms with E-state index in [2.05, 4.69) is 17.1 Å². The van der Waals surface area contributed by atoms with Crippen LogP contribution in [0.3, 0.4) is 0 Å². The van der Waals surface area contributed by atoms with Gasteiger partial charge in [0.1, 0.15) is 15.8 Å². The van der Waals surface area contributed by atoms with E-state index in [0.717, 1.165) is 34.2 Å². The Morgan fingerprint density at radius 1 is 1.16 bits per heavy atom. The Bertz CT molecular complexity index is 1190. The highest BCUT2D eigenvalue weighted by Gasteiger charge is 2.32. The van der Waals surface area contributed by atoms with Gasteiger partial charge in [0.2, 0.25) is 0 Å². The first-order valence-electron chi connectivity index (χ1n) is 11.1. The van der Waals surface area contributed by atoms with Gasteiger partial charge in [-0.25, -0.2) is 4.98 Å². The van der Waals surface area contributed by atoms with Crippen molar-refractivity contribution in [3.8, 4) is 0 Å². The Morgan fingerprint density at radius 3 is 2.78 bits per heavy atom. The average Bonchev–Trinajstić information content (AvgIpc) is 3.22. The highest BCUT2D eigenvalue weighted by atomic mass is 32.1. The minimum Gasteiger partial charge on any atom is -0.370 e. The molecule has 0 saturated carbocycles. The van der Waals surface area contributed by atoms with Crippen LogP contribution in [0, 0.1) is 0 Å². The van der Waals surface area contributed by atoms with Crippen LogP contribution in [0.1, 0.15) is 55.7 Å². The zero-order valence-electron chi connectivity index (χ0n) is 18.5. The van der Waals surface area contributed by atoms with Gasteiger partial charge in [0.05, 0.1) is 13.2 Å². The fourth-order valence-corrected chi connectivity index (χ4v) is 5.91. The predicted molar refractivity (Wildman–Crippen MR) is 125 cm³/mol. The maximum absolute atomic E-state index is 13.4. The molecule has 0 bridgehead atoms. The van der Waals surface area contributed by atoms with Crippen molar-refractivity contribution >= 4 is 33.4 Å². The summed E-state index contributed by atoms with van der Waals surface area (Å²) in [6, 6.07) is 10.0. The molecule has 166 valence electrons. The number of rotatable bonds is 3. The second-order valence-electron chi connectivity index (χ2n) is 8.70. The number of carbonyl (C=O) groups is 2. The van der Waals surface area contributed by atoms with Crippen molar-refractivity contribution in [3.05, 3.63) is 63.7 Å². The fourth-order valence-electron chi connectivity index (χ4n) is 4.69. The van der Waals surface area contributed by atoms with Gasteiger partial charge in [0.25, 0.3) is 11.8 Å². The molecule has 7 heteroatoms. The molecule has 3 heterocycles. The summed E-state index contributed by atoms with van der Waals surface area (Å²) in [5, 5.41) is 0.927. The molecule has 6 nitrogen and oxygen atoms in total. The van der Waals surface area contributed by atoms with Crippen molar-refractivity contribution in [2.24, 2.45) is 0 Å². The number of fused-ring (bicyclic) bond motifs is 2. The third-order valence-corrected chi connectivity index (χ3v) is 7.49. The van der Waals surface area contributed by atoms with Crippen molar-refractivity contribution in [1.29, 1.82) is 0 Å². The second kappa shape index (κ2) is 8.64. The molecule has 3 aromatic rings. The van der Waals surface area contributed by atoms with Crippen LogP contribution in [0.25, 0.3) is 10.2 Å². The van der Waals surface area contributed by atoms with Crippen molar-refractivity contribution < 1.29 is 14.3 Å². The first-order chi connectivity index (χ1) is 15.5. The molecule has 1 aliphatic carbocycles. The minimum atomic E-state index is -0.359. The van der Waals surface area contributed by atoms with E-state index in [0.29, 0.717) is 24.6 Å². The molecule has 0 N–H and O–H groups in total. The van der Waals surface area contributed by atoms with Crippen LogP contribution in [-0.4, -0.2) is 60.4 Å². The van der Waals surface area contributed by atoms with Gasteiger partial charge in [-0.2, -0.15) is 0 Å². The molecule has 1 atom stereocenters. The van der Waals surface area contributed by atoms with Gasteiger partial charge in [-0.15, -0.1) is 11.3 Å². The lowest BCUT2D eigenvalue weighted by molar-refractivity contribution is -0.0223. The Labute approximate surface area is 191 Å². The second-order valence-corrected chi connectivity index (χ2v) is 9.70. The lowest BCUT2D eigenvalue weighted by Crippen LogP contribution is -2.42. The monoisotopic (exact) mass is 449 g/mol. The van der Waals surface area contributed by atoms with Gasteiger partial charge in [0.15, 0.2) is 0 Å². The molecule has 1 aliphatic heterocycles. The van der Waals surface area contributed by atoms with E-state index in [1.165, 1.54) is 35.3 Å². The first kappa shape index (κ1) is 21.1. The van der Waals surface area contributed by atoms with Gasteiger partial charge < -0.3 is 14.5 Å². The van der Waals surface area contributed by atoms with Gasteiger partial charge in [-0.1, -0.05) is 12.1 Å². The van der Waals surface area contributed by atoms with Crippen LogP contribution in [0.4, 0.5) is 0 Å². The average molecular weight is 450 g/mol. The summed E-state index contributed by atoms with van der Waals surface area (Å²) >= 11 is 1.39. The molecule has 1 aromatic carbocycles. The van der Waals surface area contributed by atoms with Gasteiger partial charge in [-0.3, -0.25) is 9.59 Å². The highest BCUT2D eigenvalue weighted by molar-refractivity contribution is 7.20. The van der Waals surface area contributed by atoms with Gasteiger partial charge >= 0.3 is 0 Å². The number of nitrogens with zero attached hydrogens (tertiary/aromatic N) is 3. The SMILES string of the molecule is CN(C)C(=O)c1sc2ncccc2c1[C@@H]1CN(C(=O)c2ccc3c(c2)CCCC3)CCO1. The van der Waals surface area contributed by atoms with Gasteiger partial charge in [0, 0.05) is 43.4 Å². The Kier molecular flexibility index (Phi) is 5.69. The normalized spacial score (nSPS) is 18.4. The number of thiophene rings is 1. The molecule has 1 fully saturated rings. The number of pyridine rings is 1. The van der Waals surface area contributed by atoms with Crippen LogP contribution in [0.5, 0.6) is 0 Å². The zero-order valence-corrected chi connectivity index (χ0v) is 19.3. The number of benzene rings is 1. The molecule has 0 spiro atoms. The summed E-state index contributed by atoms with van der Waals surface area (Å²) in [5.74, 6) is -0.0328. The third-order valence-electron chi connectivity index (χ3n) is 6.38. The lowest BCUT2D eigenvalue weighted by atomic mass is 9.90. The van der Waals surface area contributed by atoms with E-state index in [9.17, 15) is 9.59 Å². The number of hydrogen-bond donors (Lipinski definition) is 0. The number of aryl methyl sites for hydroxylation is 2. The van der Waals surface area contributed by atoms with E-state index < -0.39 is 0 Å². The summed E-state index contributed by atoms with van der Waals surface area (Å²) in [5.41, 5.74) is 4.27. The Morgan fingerprint density at radius 2 is 1.97 bits per heavy atom. The topological polar surface area (TPSA) is 62.7 Å². The van der Waals surface area contributed by atoms with Crippen LogP contribution >= 0.6 is 11.3 Å². The van der Waals surface area contributed by atoms with E-state index in [-0.39, 0.29) is 17.9 Å². The van der Waals surface area contributed by atoms with Crippen molar-refractivity contribution in [3.63, 3.8) is 0 Å². The number of carbonyl (C=O) groups excluding carboxylic acids is 2. The summed E-state index contributed by atoms with van der Waals surface area (Å²) in [6.45, 7) is 1.41. The van der Waals surface area contributed by atoms with E-state index in [4.69, 9.17) is 4.74 Å². The Hall–Kier alpha value is -2.77. The van der Waals surface area contributed by atoms with Gasteiger partial charge in [-0.05, 0) is 55.0 Å². The van der Waals surface area contributed by atoms with Crippen molar-refractivity contribution in [2.45, 2.75) is 31.8 Å². The van der Waals surface area contributed by atoms with Crippen molar-refractivity contribution in [1.82, 2.24) is 14.8 Å². The molecule has 0 radical (unpaired) electrons. The van der Waals surface area contributed by atoms with Crippen LogP contribution < -0.4 is 0 Å². The van der Waals surface area contributed by atoms with E-state index >= 15 is 0 Å². The van der Waals surface area contributed by atoms with Crippen LogP contribution in [-0.2, 0) is 17.6 Å². The van der Waals surface area contributed by atoms with E-state index in [1.54, 1.807) is 25.2 Å². The lowest BCUT2D eigenvalue weighted by Gasteiger charge is -2.34.